The molecular weight excluding hydrogens is 450 g/mol. The SMILES string of the molecule is COc1cc2c(CC(=O)O)c(C)n(Cc3csc(OC(F)(F)C(F)F)c3)c2cc1Cl. The van der Waals surface area contributed by atoms with Crippen LogP contribution in [0.5, 0.6) is 10.8 Å². The van der Waals surface area contributed by atoms with Gasteiger partial charge in [0.25, 0.3) is 0 Å². The molecule has 0 amide bonds. The molecular formula is C19H16ClF4NO4S. The van der Waals surface area contributed by atoms with E-state index in [1.54, 1.807) is 23.6 Å². The minimum Gasteiger partial charge on any atom is -0.495 e. The summed E-state index contributed by atoms with van der Waals surface area (Å²) in [5.74, 6) is -0.639. The predicted molar refractivity (Wildman–Crippen MR) is 105 cm³/mol. The Morgan fingerprint density at radius 1 is 1.33 bits per heavy atom. The largest absolute Gasteiger partial charge is 0.495 e. The lowest BCUT2D eigenvalue weighted by Crippen LogP contribution is -2.33. The molecule has 0 saturated carbocycles. The van der Waals surface area contributed by atoms with Crippen molar-refractivity contribution in [1.82, 2.24) is 4.57 Å². The van der Waals surface area contributed by atoms with Crippen LogP contribution in [0.25, 0.3) is 10.9 Å². The second-order valence-corrected chi connectivity index (χ2v) is 7.74. The summed E-state index contributed by atoms with van der Waals surface area (Å²) in [4.78, 5) is 11.3. The molecule has 2 heterocycles. The minimum absolute atomic E-state index is 0.171. The normalized spacial score (nSPS) is 12.0. The number of aliphatic carboxylic acids is 1. The van der Waals surface area contributed by atoms with Crippen molar-refractivity contribution in [3.8, 4) is 10.8 Å². The molecule has 3 rings (SSSR count). The highest BCUT2D eigenvalue weighted by Gasteiger charge is 2.44. The number of fused-ring (bicyclic) bond motifs is 1. The van der Waals surface area contributed by atoms with Crippen molar-refractivity contribution in [2.45, 2.75) is 32.4 Å². The summed E-state index contributed by atoms with van der Waals surface area (Å²) < 4.78 is 62.0. The van der Waals surface area contributed by atoms with E-state index >= 15 is 0 Å². The van der Waals surface area contributed by atoms with E-state index in [0.29, 0.717) is 38.5 Å². The van der Waals surface area contributed by atoms with Crippen LogP contribution >= 0.6 is 22.9 Å². The van der Waals surface area contributed by atoms with E-state index in [2.05, 4.69) is 4.74 Å². The molecule has 0 aliphatic rings. The molecule has 1 aromatic carbocycles. The third-order valence-corrected chi connectivity index (χ3v) is 5.67. The van der Waals surface area contributed by atoms with Gasteiger partial charge in [-0.25, -0.2) is 0 Å². The summed E-state index contributed by atoms with van der Waals surface area (Å²) in [6.07, 6.45) is -8.77. The molecule has 0 fully saturated rings. The molecule has 0 spiro atoms. The molecule has 162 valence electrons. The molecule has 0 saturated heterocycles. The zero-order chi connectivity index (χ0) is 22.2. The van der Waals surface area contributed by atoms with Crippen molar-refractivity contribution < 1.29 is 36.9 Å². The van der Waals surface area contributed by atoms with Gasteiger partial charge in [0.1, 0.15) is 5.75 Å². The summed E-state index contributed by atoms with van der Waals surface area (Å²) in [7, 11) is 1.44. The average Bonchev–Trinajstić information content (AvgIpc) is 3.18. The number of aromatic nitrogens is 1. The van der Waals surface area contributed by atoms with Crippen molar-refractivity contribution >= 4 is 39.8 Å². The van der Waals surface area contributed by atoms with E-state index in [1.165, 1.54) is 18.6 Å². The van der Waals surface area contributed by atoms with Crippen LogP contribution in [0.1, 0.15) is 16.8 Å². The van der Waals surface area contributed by atoms with E-state index in [9.17, 15) is 27.5 Å². The standard InChI is InChI=1S/C19H16ClF4NO4S/c1-9-11(5-16(26)27)12-4-15(28-2)13(20)6-14(12)25(9)7-10-3-17(30-8-10)29-19(23,24)18(21)22/h3-4,6,8,18H,5,7H2,1-2H3,(H,26,27). The molecule has 11 heteroatoms. The summed E-state index contributed by atoms with van der Waals surface area (Å²) in [5, 5.41) is 11.4. The maximum atomic E-state index is 13.1. The summed E-state index contributed by atoms with van der Waals surface area (Å²) in [6.45, 7) is 1.90. The van der Waals surface area contributed by atoms with E-state index in [0.717, 1.165) is 11.3 Å². The number of methoxy groups -OCH3 is 1. The third kappa shape index (κ3) is 4.34. The molecule has 0 aliphatic carbocycles. The Morgan fingerprint density at radius 3 is 2.63 bits per heavy atom. The number of carboxylic acid groups (broad SMARTS) is 1. The van der Waals surface area contributed by atoms with Crippen LogP contribution < -0.4 is 9.47 Å². The number of carbonyl (C=O) groups is 1. The topological polar surface area (TPSA) is 60.7 Å². The van der Waals surface area contributed by atoms with Gasteiger partial charge in [0.05, 0.1) is 24.1 Å². The van der Waals surface area contributed by atoms with Gasteiger partial charge in [-0.1, -0.05) is 11.6 Å². The first-order valence-corrected chi connectivity index (χ1v) is 9.78. The number of thiophene rings is 1. The van der Waals surface area contributed by atoms with Crippen LogP contribution in [0.3, 0.4) is 0 Å². The Bertz CT molecular complexity index is 1100. The van der Waals surface area contributed by atoms with E-state index in [4.69, 9.17) is 16.3 Å². The average molecular weight is 466 g/mol. The van der Waals surface area contributed by atoms with Crippen molar-refractivity contribution in [2.75, 3.05) is 7.11 Å². The Hall–Kier alpha value is -2.46. The lowest BCUT2D eigenvalue weighted by atomic mass is 10.1. The fourth-order valence-corrected chi connectivity index (χ4v) is 4.16. The van der Waals surface area contributed by atoms with Crippen LogP contribution in [0, 0.1) is 6.92 Å². The smallest absolute Gasteiger partial charge is 0.461 e. The van der Waals surface area contributed by atoms with Crippen LogP contribution in [0.4, 0.5) is 17.6 Å². The fraction of sp³-hybridized carbons (Fsp3) is 0.316. The first-order chi connectivity index (χ1) is 14.0. The van der Waals surface area contributed by atoms with Crippen molar-refractivity contribution in [2.24, 2.45) is 0 Å². The van der Waals surface area contributed by atoms with Gasteiger partial charge >= 0.3 is 18.5 Å². The van der Waals surface area contributed by atoms with Gasteiger partial charge in [-0.15, -0.1) is 11.3 Å². The van der Waals surface area contributed by atoms with Gasteiger partial charge in [0, 0.05) is 17.6 Å². The Kier molecular flexibility index (Phi) is 6.19. The highest BCUT2D eigenvalue weighted by Crippen LogP contribution is 2.37. The highest BCUT2D eigenvalue weighted by molar-refractivity contribution is 7.12. The van der Waals surface area contributed by atoms with E-state index in [-0.39, 0.29) is 18.0 Å². The monoisotopic (exact) mass is 465 g/mol. The number of benzene rings is 1. The molecule has 1 N–H and O–H groups in total. The number of carboxylic acids is 1. The summed E-state index contributed by atoms with van der Waals surface area (Å²) >= 11 is 6.99. The number of hydrogen-bond donors (Lipinski definition) is 1. The molecule has 5 nitrogen and oxygen atoms in total. The quantitative estimate of drug-likeness (QED) is 0.441. The van der Waals surface area contributed by atoms with Gasteiger partial charge in [-0.3, -0.25) is 4.79 Å². The van der Waals surface area contributed by atoms with Gasteiger partial charge in [0.15, 0.2) is 5.06 Å². The van der Waals surface area contributed by atoms with E-state index in [1.807, 2.05) is 0 Å². The van der Waals surface area contributed by atoms with E-state index < -0.39 is 18.5 Å². The maximum Gasteiger partial charge on any atom is 0.461 e. The Morgan fingerprint density at radius 2 is 2.03 bits per heavy atom. The number of hydrogen-bond acceptors (Lipinski definition) is 4. The van der Waals surface area contributed by atoms with Crippen LogP contribution in [0.15, 0.2) is 23.6 Å². The zero-order valence-electron chi connectivity index (χ0n) is 15.7. The first-order valence-electron chi connectivity index (χ1n) is 8.53. The Balaban J connectivity index is 2.01. The Labute approximate surface area is 177 Å². The number of ether oxygens (including phenoxy) is 2. The summed E-state index contributed by atoms with van der Waals surface area (Å²) in [6, 6.07) is 4.52. The number of alkyl halides is 4. The van der Waals surface area contributed by atoms with Crippen LogP contribution in [-0.4, -0.2) is 35.3 Å². The van der Waals surface area contributed by atoms with Gasteiger partial charge in [-0.2, -0.15) is 17.6 Å². The maximum absolute atomic E-state index is 13.1. The molecule has 0 unspecified atom stereocenters. The second-order valence-electron chi connectivity index (χ2n) is 6.46. The molecule has 0 atom stereocenters. The van der Waals surface area contributed by atoms with Crippen molar-refractivity contribution in [3.63, 3.8) is 0 Å². The van der Waals surface area contributed by atoms with Crippen LogP contribution in [-0.2, 0) is 17.8 Å². The second kappa shape index (κ2) is 8.35. The summed E-state index contributed by atoms with van der Waals surface area (Å²) in [5.41, 5.74) is 2.35. The fourth-order valence-electron chi connectivity index (χ4n) is 3.13. The lowest BCUT2D eigenvalue weighted by molar-refractivity contribution is -0.251. The van der Waals surface area contributed by atoms with Gasteiger partial charge in [0.2, 0.25) is 0 Å². The highest BCUT2D eigenvalue weighted by atomic mass is 35.5. The number of rotatable bonds is 8. The first kappa shape index (κ1) is 22.2. The molecule has 0 bridgehead atoms. The molecule has 2 aromatic heterocycles. The molecule has 3 aromatic rings. The number of nitrogens with zero attached hydrogens (tertiary/aromatic N) is 1. The third-order valence-electron chi connectivity index (χ3n) is 4.52. The zero-order valence-corrected chi connectivity index (χ0v) is 17.3. The number of halogens is 5. The lowest BCUT2D eigenvalue weighted by Gasteiger charge is -2.14. The van der Waals surface area contributed by atoms with Crippen LogP contribution in [0.2, 0.25) is 5.02 Å². The molecule has 0 aliphatic heterocycles. The minimum atomic E-state index is -4.59. The van der Waals surface area contributed by atoms with Gasteiger partial charge < -0.3 is 19.1 Å². The van der Waals surface area contributed by atoms with Gasteiger partial charge in [-0.05, 0) is 41.6 Å². The van der Waals surface area contributed by atoms with Crippen molar-refractivity contribution in [3.05, 3.63) is 45.4 Å². The molecule has 30 heavy (non-hydrogen) atoms. The van der Waals surface area contributed by atoms with Crippen molar-refractivity contribution in [1.29, 1.82) is 0 Å². The molecule has 0 radical (unpaired) electrons. The predicted octanol–water partition coefficient (Wildman–Crippen LogP) is 5.59.